The molecule has 0 spiro atoms. The monoisotopic (exact) mass is 323 g/mol. The molecule has 0 saturated heterocycles. The average Bonchev–Trinajstić information content (AvgIpc) is 2.94. The van der Waals surface area contributed by atoms with Crippen molar-refractivity contribution < 1.29 is 9.53 Å². The standard InChI is InChI=1S/C17H17N5O2/c1-11-8-12(2)22(21-11)15-6-5-14(10-18-15)20-17(23)13-4-7-16(24-3)19-9-13/h4-10H,1-3H3,(H,20,23). The molecule has 0 saturated carbocycles. The van der Waals surface area contributed by atoms with Crippen LogP contribution in [0.5, 0.6) is 5.88 Å². The molecule has 24 heavy (non-hydrogen) atoms. The highest BCUT2D eigenvalue weighted by Crippen LogP contribution is 2.14. The van der Waals surface area contributed by atoms with Crippen LogP contribution in [-0.2, 0) is 0 Å². The molecule has 0 radical (unpaired) electrons. The number of rotatable bonds is 4. The van der Waals surface area contributed by atoms with Crippen molar-refractivity contribution >= 4 is 11.6 Å². The third-order valence-corrected chi connectivity index (χ3v) is 3.44. The van der Waals surface area contributed by atoms with Crippen molar-refractivity contribution in [1.29, 1.82) is 0 Å². The predicted molar refractivity (Wildman–Crippen MR) is 89.6 cm³/mol. The van der Waals surface area contributed by atoms with Gasteiger partial charge in [0, 0.05) is 18.0 Å². The van der Waals surface area contributed by atoms with Crippen molar-refractivity contribution in [2.24, 2.45) is 0 Å². The fraction of sp³-hybridized carbons (Fsp3) is 0.176. The molecule has 7 nitrogen and oxygen atoms in total. The summed E-state index contributed by atoms with van der Waals surface area (Å²) >= 11 is 0. The lowest BCUT2D eigenvalue weighted by Crippen LogP contribution is -2.12. The lowest BCUT2D eigenvalue weighted by atomic mass is 10.2. The number of ether oxygens (including phenoxy) is 1. The van der Waals surface area contributed by atoms with E-state index >= 15 is 0 Å². The summed E-state index contributed by atoms with van der Waals surface area (Å²) in [6, 6.07) is 8.86. The first-order chi connectivity index (χ1) is 11.6. The van der Waals surface area contributed by atoms with Gasteiger partial charge in [-0.15, -0.1) is 0 Å². The van der Waals surface area contributed by atoms with Gasteiger partial charge in [-0.2, -0.15) is 5.10 Å². The van der Waals surface area contributed by atoms with Crippen molar-refractivity contribution in [2.75, 3.05) is 12.4 Å². The van der Waals surface area contributed by atoms with Gasteiger partial charge in [0.2, 0.25) is 5.88 Å². The lowest BCUT2D eigenvalue weighted by Gasteiger charge is -2.07. The number of nitrogens with zero attached hydrogens (tertiary/aromatic N) is 4. The van der Waals surface area contributed by atoms with Crippen LogP contribution in [0, 0.1) is 13.8 Å². The van der Waals surface area contributed by atoms with Gasteiger partial charge in [0.05, 0.1) is 30.3 Å². The summed E-state index contributed by atoms with van der Waals surface area (Å²) < 4.78 is 6.73. The number of pyridine rings is 2. The number of aryl methyl sites for hydroxylation is 2. The Balaban J connectivity index is 1.73. The fourth-order valence-corrected chi connectivity index (χ4v) is 2.28. The first-order valence-electron chi connectivity index (χ1n) is 7.38. The quantitative estimate of drug-likeness (QED) is 0.798. The summed E-state index contributed by atoms with van der Waals surface area (Å²) in [6.45, 7) is 3.90. The van der Waals surface area contributed by atoms with Gasteiger partial charge >= 0.3 is 0 Å². The first kappa shape index (κ1) is 15.7. The summed E-state index contributed by atoms with van der Waals surface area (Å²) in [5.74, 6) is 0.901. The first-order valence-corrected chi connectivity index (χ1v) is 7.38. The fourth-order valence-electron chi connectivity index (χ4n) is 2.28. The van der Waals surface area contributed by atoms with Gasteiger partial charge in [-0.3, -0.25) is 4.79 Å². The highest BCUT2D eigenvalue weighted by Gasteiger charge is 2.09. The molecule has 0 unspecified atom stereocenters. The largest absolute Gasteiger partial charge is 0.481 e. The molecule has 0 aliphatic heterocycles. The van der Waals surface area contributed by atoms with Crippen LogP contribution in [0.2, 0.25) is 0 Å². The molecule has 0 aromatic carbocycles. The lowest BCUT2D eigenvalue weighted by molar-refractivity contribution is 0.102. The van der Waals surface area contributed by atoms with Crippen LogP contribution in [0.15, 0.2) is 42.7 Å². The molecule has 0 aliphatic rings. The van der Waals surface area contributed by atoms with Crippen molar-refractivity contribution in [3.63, 3.8) is 0 Å². The van der Waals surface area contributed by atoms with E-state index in [1.54, 1.807) is 35.1 Å². The van der Waals surface area contributed by atoms with Crippen molar-refractivity contribution in [3.05, 3.63) is 59.7 Å². The van der Waals surface area contributed by atoms with Crippen LogP contribution in [0.25, 0.3) is 5.82 Å². The molecule has 1 N–H and O–H groups in total. The molecule has 3 aromatic rings. The van der Waals surface area contributed by atoms with Gasteiger partial charge < -0.3 is 10.1 Å². The molecule has 0 fully saturated rings. The van der Waals surface area contributed by atoms with E-state index in [1.807, 2.05) is 19.9 Å². The number of hydrogen-bond donors (Lipinski definition) is 1. The van der Waals surface area contributed by atoms with Crippen LogP contribution in [0.1, 0.15) is 21.7 Å². The van der Waals surface area contributed by atoms with Gasteiger partial charge in [-0.25, -0.2) is 14.6 Å². The molecule has 122 valence electrons. The maximum absolute atomic E-state index is 12.2. The zero-order chi connectivity index (χ0) is 17.1. The Kier molecular flexibility index (Phi) is 4.24. The van der Waals surface area contributed by atoms with E-state index in [4.69, 9.17) is 4.74 Å². The Bertz CT molecular complexity index is 854. The molecule has 3 aromatic heterocycles. The van der Waals surface area contributed by atoms with Gasteiger partial charge in [-0.1, -0.05) is 0 Å². The number of anilines is 1. The molecular formula is C17H17N5O2. The van der Waals surface area contributed by atoms with Gasteiger partial charge in [0.1, 0.15) is 0 Å². The van der Waals surface area contributed by atoms with E-state index in [0.717, 1.165) is 11.4 Å². The Morgan fingerprint density at radius 3 is 2.50 bits per heavy atom. The van der Waals surface area contributed by atoms with Crippen molar-refractivity contribution in [2.45, 2.75) is 13.8 Å². The third kappa shape index (κ3) is 3.24. The molecule has 7 heteroatoms. The average molecular weight is 323 g/mol. The molecule has 0 bridgehead atoms. The van der Waals surface area contributed by atoms with E-state index in [0.29, 0.717) is 22.9 Å². The number of nitrogens with one attached hydrogen (secondary N) is 1. The van der Waals surface area contributed by atoms with Gasteiger partial charge in [0.25, 0.3) is 5.91 Å². The summed E-state index contributed by atoms with van der Waals surface area (Å²) in [5.41, 5.74) is 2.97. The van der Waals surface area contributed by atoms with Gasteiger partial charge in [-0.05, 0) is 38.1 Å². The molecule has 3 rings (SSSR count). The highest BCUT2D eigenvalue weighted by molar-refractivity contribution is 6.04. The summed E-state index contributed by atoms with van der Waals surface area (Å²) in [7, 11) is 1.53. The van der Waals surface area contributed by atoms with E-state index in [-0.39, 0.29) is 5.91 Å². The minimum absolute atomic E-state index is 0.259. The Labute approximate surface area is 139 Å². The van der Waals surface area contributed by atoms with Crippen LogP contribution in [-0.4, -0.2) is 32.8 Å². The van der Waals surface area contributed by atoms with Crippen molar-refractivity contribution in [3.8, 4) is 11.7 Å². The summed E-state index contributed by atoms with van der Waals surface area (Å²) in [5, 5.41) is 7.16. The minimum atomic E-state index is -0.259. The Morgan fingerprint density at radius 1 is 1.12 bits per heavy atom. The number of methoxy groups -OCH3 is 1. The maximum atomic E-state index is 12.2. The van der Waals surface area contributed by atoms with E-state index in [2.05, 4.69) is 20.4 Å². The van der Waals surface area contributed by atoms with Crippen molar-refractivity contribution in [1.82, 2.24) is 19.7 Å². The molecule has 0 atom stereocenters. The highest BCUT2D eigenvalue weighted by atomic mass is 16.5. The van der Waals surface area contributed by atoms with Crippen LogP contribution in [0.3, 0.4) is 0 Å². The zero-order valence-corrected chi connectivity index (χ0v) is 13.6. The molecular weight excluding hydrogens is 306 g/mol. The van der Waals surface area contributed by atoms with Crippen LogP contribution < -0.4 is 10.1 Å². The SMILES string of the molecule is COc1ccc(C(=O)Nc2ccc(-n3nc(C)cc3C)nc2)cn1. The molecule has 0 aliphatic carbocycles. The predicted octanol–water partition coefficient (Wildman–Crippen LogP) is 2.54. The Morgan fingerprint density at radius 2 is 1.96 bits per heavy atom. The third-order valence-electron chi connectivity index (χ3n) is 3.44. The minimum Gasteiger partial charge on any atom is -0.481 e. The van der Waals surface area contributed by atoms with E-state index in [9.17, 15) is 4.79 Å². The van der Waals surface area contributed by atoms with E-state index < -0.39 is 0 Å². The smallest absolute Gasteiger partial charge is 0.257 e. The number of carbonyl (C=O) groups is 1. The van der Waals surface area contributed by atoms with Gasteiger partial charge in [0.15, 0.2) is 5.82 Å². The Hall–Kier alpha value is -3.22. The second kappa shape index (κ2) is 6.49. The number of amides is 1. The second-order valence-electron chi connectivity index (χ2n) is 5.29. The maximum Gasteiger partial charge on any atom is 0.257 e. The second-order valence-corrected chi connectivity index (χ2v) is 5.29. The van der Waals surface area contributed by atoms with E-state index in [1.165, 1.54) is 13.3 Å². The summed E-state index contributed by atoms with van der Waals surface area (Å²) in [4.78, 5) is 20.6. The number of aromatic nitrogens is 4. The molecule has 1 amide bonds. The number of hydrogen-bond acceptors (Lipinski definition) is 5. The zero-order valence-electron chi connectivity index (χ0n) is 13.6. The topological polar surface area (TPSA) is 81.9 Å². The number of carbonyl (C=O) groups excluding carboxylic acids is 1. The summed E-state index contributed by atoms with van der Waals surface area (Å²) in [6.07, 6.45) is 3.06. The van der Waals surface area contributed by atoms with Crippen LogP contribution >= 0.6 is 0 Å². The normalized spacial score (nSPS) is 10.5. The molecule has 3 heterocycles. The van der Waals surface area contributed by atoms with Crippen LogP contribution in [0.4, 0.5) is 5.69 Å².